The number of amides is 1. The maximum absolute atomic E-state index is 12.9. The first-order valence-corrected chi connectivity index (χ1v) is 9.78. The molecule has 0 bridgehead atoms. The van der Waals surface area contributed by atoms with E-state index in [2.05, 4.69) is 15.6 Å². The molecule has 7 nitrogen and oxygen atoms in total. The van der Waals surface area contributed by atoms with E-state index >= 15 is 0 Å². The topological polar surface area (TPSA) is 85.6 Å². The normalized spacial score (nSPS) is 14.4. The minimum atomic E-state index is -0.442. The van der Waals surface area contributed by atoms with Gasteiger partial charge in [0.05, 0.1) is 17.7 Å². The predicted octanol–water partition coefficient (Wildman–Crippen LogP) is 3.11. The molecule has 1 amide bonds. The van der Waals surface area contributed by atoms with Gasteiger partial charge in [0, 0.05) is 23.9 Å². The molecule has 29 heavy (non-hydrogen) atoms. The number of fused-ring (bicyclic) bond motifs is 2. The molecule has 0 atom stereocenters. The van der Waals surface area contributed by atoms with Crippen LogP contribution in [0.15, 0.2) is 58.4 Å². The number of nitrogens with zero attached hydrogens (tertiary/aromatic N) is 3. The van der Waals surface area contributed by atoms with Crippen LogP contribution in [0, 0.1) is 0 Å². The molecule has 7 heteroatoms. The third kappa shape index (κ3) is 3.76. The first kappa shape index (κ1) is 18.9. The quantitative estimate of drug-likeness (QED) is 0.679. The number of hydrogen-bond acceptors (Lipinski definition) is 5. The van der Waals surface area contributed by atoms with Crippen molar-refractivity contribution < 1.29 is 9.53 Å². The van der Waals surface area contributed by atoms with Crippen LogP contribution >= 0.6 is 0 Å². The van der Waals surface area contributed by atoms with Gasteiger partial charge < -0.3 is 4.74 Å². The standard InChI is InChI=1S/C22H22N4O3/c1-2-3-13-26-22(28)16-9-5-4-8-15(16)20(25-26)21(27)24-23-18-12-14-29-19-11-7-6-10-17(18)19/h4-11H,2-3,12-14H2,1H3,(H,24,27)/b23-18-. The Kier molecular flexibility index (Phi) is 5.37. The molecule has 0 saturated carbocycles. The van der Waals surface area contributed by atoms with Crippen molar-refractivity contribution in [3.8, 4) is 5.75 Å². The summed E-state index contributed by atoms with van der Waals surface area (Å²) in [5, 5.41) is 9.68. The summed E-state index contributed by atoms with van der Waals surface area (Å²) in [4.78, 5) is 25.6. The van der Waals surface area contributed by atoms with Crippen molar-refractivity contribution in [2.75, 3.05) is 6.61 Å². The molecule has 2 aromatic carbocycles. The van der Waals surface area contributed by atoms with Crippen LogP contribution in [0.5, 0.6) is 5.75 Å². The Morgan fingerprint density at radius 1 is 1.17 bits per heavy atom. The highest BCUT2D eigenvalue weighted by atomic mass is 16.5. The molecule has 2 heterocycles. The molecule has 0 saturated heterocycles. The Balaban J connectivity index is 1.69. The molecule has 0 aliphatic carbocycles. The zero-order valence-electron chi connectivity index (χ0n) is 16.2. The van der Waals surface area contributed by atoms with Gasteiger partial charge in [-0.15, -0.1) is 0 Å². The van der Waals surface area contributed by atoms with Crippen LogP contribution < -0.4 is 15.7 Å². The van der Waals surface area contributed by atoms with E-state index in [4.69, 9.17) is 4.74 Å². The molecule has 3 aromatic rings. The van der Waals surface area contributed by atoms with E-state index < -0.39 is 5.91 Å². The second-order valence-electron chi connectivity index (χ2n) is 6.87. The van der Waals surface area contributed by atoms with Crippen molar-refractivity contribution in [3.63, 3.8) is 0 Å². The first-order valence-electron chi connectivity index (χ1n) is 9.78. The summed E-state index contributed by atoms with van der Waals surface area (Å²) >= 11 is 0. The van der Waals surface area contributed by atoms with Crippen molar-refractivity contribution in [3.05, 3.63) is 70.1 Å². The van der Waals surface area contributed by atoms with E-state index in [9.17, 15) is 9.59 Å². The number of hydrogen-bond donors (Lipinski definition) is 1. The van der Waals surface area contributed by atoms with Crippen molar-refractivity contribution in [1.82, 2.24) is 15.2 Å². The Hall–Kier alpha value is -3.48. The van der Waals surface area contributed by atoms with Gasteiger partial charge in [0.1, 0.15) is 5.75 Å². The number of carbonyl (C=O) groups excluding carboxylic acids is 1. The predicted molar refractivity (Wildman–Crippen MR) is 111 cm³/mol. The smallest absolute Gasteiger partial charge is 0.292 e. The second kappa shape index (κ2) is 8.26. The van der Waals surface area contributed by atoms with E-state index in [0.29, 0.717) is 30.3 Å². The zero-order chi connectivity index (χ0) is 20.2. The zero-order valence-corrected chi connectivity index (χ0v) is 16.2. The number of aryl methyl sites for hydroxylation is 1. The Labute approximate surface area is 168 Å². The minimum absolute atomic E-state index is 0.185. The number of hydrazone groups is 1. The van der Waals surface area contributed by atoms with Crippen LogP contribution in [0.25, 0.3) is 10.8 Å². The molecule has 1 aromatic heterocycles. The van der Waals surface area contributed by atoms with Crippen LogP contribution in [-0.2, 0) is 6.54 Å². The van der Waals surface area contributed by atoms with Crippen molar-refractivity contribution in [1.29, 1.82) is 0 Å². The lowest BCUT2D eigenvalue weighted by atomic mass is 10.0. The van der Waals surface area contributed by atoms with Crippen molar-refractivity contribution in [2.45, 2.75) is 32.7 Å². The summed E-state index contributed by atoms with van der Waals surface area (Å²) in [5.41, 5.74) is 4.25. The summed E-state index contributed by atoms with van der Waals surface area (Å²) in [6.07, 6.45) is 2.34. The largest absolute Gasteiger partial charge is 0.492 e. The highest BCUT2D eigenvalue weighted by molar-refractivity contribution is 6.07. The summed E-state index contributed by atoms with van der Waals surface area (Å²) in [5.74, 6) is 0.311. The Bertz CT molecular complexity index is 1150. The van der Waals surface area contributed by atoms with E-state index in [1.165, 1.54) is 4.68 Å². The third-order valence-electron chi connectivity index (χ3n) is 4.89. The fourth-order valence-corrected chi connectivity index (χ4v) is 3.37. The van der Waals surface area contributed by atoms with Gasteiger partial charge in [0.2, 0.25) is 0 Å². The molecule has 1 aliphatic heterocycles. The highest BCUT2D eigenvalue weighted by Gasteiger charge is 2.19. The van der Waals surface area contributed by atoms with E-state index in [1.54, 1.807) is 24.3 Å². The van der Waals surface area contributed by atoms with Gasteiger partial charge in [-0.25, -0.2) is 10.1 Å². The lowest BCUT2D eigenvalue weighted by Crippen LogP contribution is -2.30. The fourth-order valence-electron chi connectivity index (χ4n) is 3.37. The third-order valence-corrected chi connectivity index (χ3v) is 4.89. The molecule has 1 aliphatic rings. The monoisotopic (exact) mass is 390 g/mol. The molecule has 4 rings (SSSR count). The van der Waals surface area contributed by atoms with E-state index in [0.717, 1.165) is 29.9 Å². The second-order valence-corrected chi connectivity index (χ2v) is 6.87. The van der Waals surface area contributed by atoms with Crippen LogP contribution in [0.2, 0.25) is 0 Å². The van der Waals surface area contributed by atoms with Crippen LogP contribution in [0.3, 0.4) is 0 Å². The molecule has 148 valence electrons. The molecule has 0 fully saturated rings. The first-order chi connectivity index (χ1) is 14.2. The van der Waals surface area contributed by atoms with Crippen LogP contribution in [0.1, 0.15) is 42.2 Å². The number of benzene rings is 2. The average molecular weight is 390 g/mol. The highest BCUT2D eigenvalue weighted by Crippen LogP contribution is 2.24. The SMILES string of the molecule is CCCCn1nc(C(=O)N/N=C2/CCOc3ccccc32)c2ccccc2c1=O. The number of aromatic nitrogens is 2. The molecular weight excluding hydrogens is 368 g/mol. The number of rotatable bonds is 5. The summed E-state index contributed by atoms with van der Waals surface area (Å²) in [6.45, 7) is 3.02. The summed E-state index contributed by atoms with van der Waals surface area (Å²) in [6, 6.07) is 14.6. The maximum Gasteiger partial charge on any atom is 0.292 e. The van der Waals surface area contributed by atoms with Gasteiger partial charge in [-0.1, -0.05) is 43.7 Å². The van der Waals surface area contributed by atoms with Crippen molar-refractivity contribution >= 4 is 22.4 Å². The summed E-state index contributed by atoms with van der Waals surface area (Å²) < 4.78 is 7.00. The molecular formula is C22H22N4O3. The maximum atomic E-state index is 12.9. The lowest BCUT2D eigenvalue weighted by molar-refractivity contribution is 0.0949. The minimum Gasteiger partial charge on any atom is -0.492 e. The molecule has 0 spiro atoms. The van der Waals surface area contributed by atoms with Gasteiger partial charge in [-0.05, 0) is 24.6 Å². The number of carbonyl (C=O) groups is 1. The summed E-state index contributed by atoms with van der Waals surface area (Å²) in [7, 11) is 0. The molecule has 0 unspecified atom stereocenters. The lowest BCUT2D eigenvalue weighted by Gasteiger charge is -2.18. The average Bonchev–Trinajstić information content (AvgIpc) is 2.77. The van der Waals surface area contributed by atoms with E-state index in [-0.39, 0.29) is 11.3 Å². The molecule has 1 N–H and O–H groups in total. The number of nitrogens with one attached hydrogen (secondary N) is 1. The van der Waals surface area contributed by atoms with Gasteiger partial charge >= 0.3 is 0 Å². The Morgan fingerprint density at radius 3 is 2.76 bits per heavy atom. The van der Waals surface area contributed by atoms with Gasteiger partial charge in [-0.2, -0.15) is 10.2 Å². The van der Waals surface area contributed by atoms with Crippen molar-refractivity contribution in [2.24, 2.45) is 5.10 Å². The number of para-hydroxylation sites is 1. The van der Waals surface area contributed by atoms with Gasteiger partial charge in [0.15, 0.2) is 5.69 Å². The number of unbranched alkanes of at least 4 members (excludes halogenated alkanes) is 1. The number of ether oxygens (including phenoxy) is 1. The Morgan fingerprint density at radius 2 is 1.93 bits per heavy atom. The fraction of sp³-hybridized carbons (Fsp3) is 0.273. The van der Waals surface area contributed by atoms with E-state index in [1.807, 2.05) is 31.2 Å². The van der Waals surface area contributed by atoms with Crippen LogP contribution in [-0.4, -0.2) is 28.0 Å². The van der Waals surface area contributed by atoms with Gasteiger partial charge in [-0.3, -0.25) is 9.59 Å². The van der Waals surface area contributed by atoms with Crippen LogP contribution in [0.4, 0.5) is 0 Å². The van der Waals surface area contributed by atoms with Gasteiger partial charge in [0.25, 0.3) is 11.5 Å². The molecule has 0 radical (unpaired) electrons.